The maximum atomic E-state index is 11.3. The molecule has 0 spiro atoms. The molecule has 0 aliphatic rings. The van der Waals surface area contributed by atoms with Crippen LogP contribution in [0.1, 0.15) is 12.7 Å². The van der Waals surface area contributed by atoms with Gasteiger partial charge in [-0.15, -0.1) is 0 Å². The molecule has 1 aromatic carbocycles. The number of hydrogen-bond acceptors (Lipinski definition) is 7. The van der Waals surface area contributed by atoms with Crippen LogP contribution in [0.15, 0.2) is 41.3 Å². The summed E-state index contributed by atoms with van der Waals surface area (Å²) in [6.07, 6.45) is 3.00. The maximum Gasteiger partial charge on any atom is 0.263 e. The van der Waals surface area contributed by atoms with Gasteiger partial charge in [-0.1, -0.05) is 17.3 Å². The normalized spacial score (nSPS) is 10.3. The van der Waals surface area contributed by atoms with Gasteiger partial charge in [-0.05, 0) is 19.1 Å². The zero-order valence-corrected chi connectivity index (χ0v) is 12.6. The van der Waals surface area contributed by atoms with Crippen LogP contribution >= 0.6 is 0 Å². The van der Waals surface area contributed by atoms with Gasteiger partial charge >= 0.3 is 0 Å². The van der Waals surface area contributed by atoms with Crippen molar-refractivity contribution in [3.63, 3.8) is 0 Å². The van der Waals surface area contributed by atoms with Crippen molar-refractivity contribution in [3.8, 4) is 11.5 Å². The van der Waals surface area contributed by atoms with Crippen molar-refractivity contribution in [1.29, 1.82) is 0 Å². The topological polar surface area (TPSA) is 106 Å². The summed E-state index contributed by atoms with van der Waals surface area (Å²) in [6.45, 7) is 3.18. The van der Waals surface area contributed by atoms with Gasteiger partial charge in [0.05, 0.1) is 11.4 Å². The second-order valence-electron chi connectivity index (χ2n) is 4.78. The van der Waals surface area contributed by atoms with E-state index in [4.69, 9.17) is 4.52 Å². The Bertz CT molecular complexity index is 845. The molecule has 0 unspecified atom stereocenters. The van der Waals surface area contributed by atoms with Crippen molar-refractivity contribution in [2.24, 2.45) is 0 Å². The Balaban J connectivity index is 1.97. The molecule has 3 rings (SSSR count). The average Bonchev–Trinajstić information content (AvgIpc) is 2.96. The number of hydrogen-bond donors (Lipinski definition) is 2. The quantitative estimate of drug-likeness (QED) is 0.762. The molecule has 2 N–H and O–H groups in total. The van der Waals surface area contributed by atoms with Gasteiger partial charge in [-0.3, -0.25) is 4.79 Å². The first-order valence-electron chi connectivity index (χ1n) is 6.88. The minimum Gasteiger partial charge on any atom is -0.338 e. The number of nitrogens with one attached hydrogen (secondary N) is 2. The Labute approximate surface area is 132 Å². The number of carbonyl (C=O) groups excluding carboxylic acids is 1. The van der Waals surface area contributed by atoms with E-state index in [1.165, 1.54) is 13.3 Å². The maximum absolute atomic E-state index is 11.3. The monoisotopic (exact) mass is 310 g/mol. The van der Waals surface area contributed by atoms with Gasteiger partial charge in [0.25, 0.3) is 5.89 Å². The minimum absolute atomic E-state index is 0.158. The predicted molar refractivity (Wildman–Crippen MR) is 84.1 cm³/mol. The van der Waals surface area contributed by atoms with Gasteiger partial charge in [0, 0.05) is 13.1 Å². The van der Waals surface area contributed by atoms with Crippen LogP contribution in [0, 0.1) is 6.92 Å². The summed E-state index contributed by atoms with van der Waals surface area (Å²) in [6, 6.07) is 7.31. The van der Waals surface area contributed by atoms with Gasteiger partial charge in [0.1, 0.15) is 17.7 Å². The largest absolute Gasteiger partial charge is 0.338 e. The van der Waals surface area contributed by atoms with Crippen LogP contribution in [-0.4, -0.2) is 26.0 Å². The molecule has 8 heteroatoms. The van der Waals surface area contributed by atoms with E-state index in [-0.39, 0.29) is 5.91 Å². The number of anilines is 3. The zero-order chi connectivity index (χ0) is 16.2. The molecule has 2 heterocycles. The van der Waals surface area contributed by atoms with Gasteiger partial charge in [0.2, 0.25) is 5.91 Å². The summed E-state index contributed by atoms with van der Waals surface area (Å²) in [4.78, 5) is 23.7. The van der Waals surface area contributed by atoms with E-state index in [0.29, 0.717) is 34.5 Å². The molecule has 3 aromatic rings. The first-order chi connectivity index (χ1) is 11.1. The highest BCUT2D eigenvalue weighted by atomic mass is 16.5. The highest BCUT2D eigenvalue weighted by Gasteiger charge is 2.14. The summed E-state index contributed by atoms with van der Waals surface area (Å²) >= 11 is 0. The number of carbonyl (C=O) groups is 1. The third kappa shape index (κ3) is 3.31. The molecule has 0 aliphatic carbocycles. The van der Waals surface area contributed by atoms with E-state index in [1.807, 2.05) is 18.2 Å². The van der Waals surface area contributed by atoms with E-state index in [0.717, 1.165) is 0 Å². The molecule has 0 atom stereocenters. The molecule has 116 valence electrons. The van der Waals surface area contributed by atoms with Crippen LogP contribution in [0.5, 0.6) is 0 Å². The van der Waals surface area contributed by atoms with Crippen LogP contribution in [-0.2, 0) is 4.79 Å². The number of para-hydroxylation sites is 2. The lowest BCUT2D eigenvalue weighted by atomic mass is 10.2. The second-order valence-corrected chi connectivity index (χ2v) is 4.78. The molecule has 0 radical (unpaired) electrons. The van der Waals surface area contributed by atoms with Crippen LogP contribution < -0.4 is 10.6 Å². The molecule has 1 amide bonds. The SMILES string of the molecule is CC(=O)Nc1ccccc1Nc1ncncc1-c1nc(C)no1. The third-order valence-electron chi connectivity index (χ3n) is 2.96. The standard InChI is InChI=1S/C15H14N6O2/c1-9-18-15(23-21-9)11-7-16-8-17-14(11)20-13-6-4-3-5-12(13)19-10(2)22/h3-8H,1-2H3,(H,19,22)(H,16,17,20). The molecular formula is C15H14N6O2. The van der Waals surface area contributed by atoms with Crippen LogP contribution in [0.2, 0.25) is 0 Å². The van der Waals surface area contributed by atoms with E-state index >= 15 is 0 Å². The van der Waals surface area contributed by atoms with Gasteiger partial charge in [0.15, 0.2) is 5.82 Å². The van der Waals surface area contributed by atoms with Crippen LogP contribution in [0.4, 0.5) is 17.2 Å². The lowest BCUT2D eigenvalue weighted by Gasteiger charge is -2.12. The summed E-state index contributed by atoms with van der Waals surface area (Å²) in [5, 5.41) is 9.69. The Kier molecular flexibility index (Phi) is 3.96. The zero-order valence-electron chi connectivity index (χ0n) is 12.6. The Morgan fingerprint density at radius 3 is 2.70 bits per heavy atom. The predicted octanol–water partition coefficient (Wildman–Crippen LogP) is 2.54. The Hall–Kier alpha value is -3.29. The highest BCUT2D eigenvalue weighted by Crippen LogP contribution is 2.29. The molecule has 8 nitrogen and oxygen atoms in total. The lowest BCUT2D eigenvalue weighted by Crippen LogP contribution is -2.08. The number of aromatic nitrogens is 4. The molecule has 0 saturated heterocycles. The van der Waals surface area contributed by atoms with Gasteiger partial charge in [-0.25, -0.2) is 9.97 Å². The number of rotatable bonds is 4. The number of benzene rings is 1. The fourth-order valence-corrected chi connectivity index (χ4v) is 2.01. The molecule has 0 bridgehead atoms. The van der Waals surface area contributed by atoms with Crippen molar-refractivity contribution in [3.05, 3.63) is 42.6 Å². The Morgan fingerprint density at radius 1 is 1.22 bits per heavy atom. The van der Waals surface area contributed by atoms with Crippen LogP contribution in [0.25, 0.3) is 11.5 Å². The molecule has 0 aliphatic heterocycles. The molecule has 2 aromatic heterocycles. The summed E-state index contributed by atoms with van der Waals surface area (Å²) in [5.41, 5.74) is 1.91. The summed E-state index contributed by atoms with van der Waals surface area (Å²) in [5.74, 6) is 1.19. The smallest absolute Gasteiger partial charge is 0.263 e. The highest BCUT2D eigenvalue weighted by molar-refractivity contribution is 5.93. The second kappa shape index (κ2) is 6.22. The van der Waals surface area contributed by atoms with E-state index in [1.54, 1.807) is 19.2 Å². The summed E-state index contributed by atoms with van der Waals surface area (Å²) < 4.78 is 5.17. The third-order valence-corrected chi connectivity index (χ3v) is 2.96. The fraction of sp³-hybridized carbons (Fsp3) is 0.133. The van der Waals surface area contributed by atoms with Crippen molar-refractivity contribution in [2.45, 2.75) is 13.8 Å². The molecule has 0 fully saturated rings. The van der Waals surface area contributed by atoms with E-state index in [9.17, 15) is 4.79 Å². The molecular weight excluding hydrogens is 296 g/mol. The number of nitrogens with zero attached hydrogens (tertiary/aromatic N) is 4. The van der Waals surface area contributed by atoms with Crippen molar-refractivity contribution in [1.82, 2.24) is 20.1 Å². The van der Waals surface area contributed by atoms with Crippen molar-refractivity contribution < 1.29 is 9.32 Å². The van der Waals surface area contributed by atoms with Crippen molar-refractivity contribution >= 4 is 23.1 Å². The lowest BCUT2D eigenvalue weighted by molar-refractivity contribution is -0.114. The number of amides is 1. The van der Waals surface area contributed by atoms with Crippen molar-refractivity contribution in [2.75, 3.05) is 10.6 Å². The Morgan fingerprint density at radius 2 is 2.00 bits per heavy atom. The minimum atomic E-state index is -0.158. The van der Waals surface area contributed by atoms with E-state index in [2.05, 4.69) is 30.7 Å². The van der Waals surface area contributed by atoms with Crippen LogP contribution in [0.3, 0.4) is 0 Å². The molecule has 23 heavy (non-hydrogen) atoms. The van der Waals surface area contributed by atoms with Gasteiger partial charge in [-0.2, -0.15) is 4.98 Å². The number of aryl methyl sites for hydroxylation is 1. The first kappa shape index (κ1) is 14.6. The average molecular weight is 310 g/mol. The van der Waals surface area contributed by atoms with Gasteiger partial charge < -0.3 is 15.2 Å². The summed E-state index contributed by atoms with van der Waals surface area (Å²) in [7, 11) is 0. The fourth-order valence-electron chi connectivity index (χ4n) is 2.01. The first-order valence-corrected chi connectivity index (χ1v) is 6.88. The molecule has 0 saturated carbocycles. The van der Waals surface area contributed by atoms with E-state index < -0.39 is 0 Å².